The number of piperazine rings is 1. The highest BCUT2D eigenvalue weighted by atomic mass is 35.5. The van der Waals surface area contributed by atoms with E-state index in [4.69, 9.17) is 26.1 Å². The summed E-state index contributed by atoms with van der Waals surface area (Å²) in [5, 5.41) is 6.82. The molecule has 3 heterocycles. The van der Waals surface area contributed by atoms with Gasteiger partial charge in [-0.05, 0) is 24.3 Å². The van der Waals surface area contributed by atoms with Gasteiger partial charge in [0, 0.05) is 53.9 Å². The molecule has 9 heteroatoms. The lowest BCUT2D eigenvalue weighted by Crippen LogP contribution is -2.49. The molecule has 7 nitrogen and oxygen atoms in total. The third-order valence-electron chi connectivity index (χ3n) is 5.33. The monoisotopic (exact) mass is 456 g/mol. The summed E-state index contributed by atoms with van der Waals surface area (Å²) in [6.45, 7) is 3.97. The third-order valence-corrected chi connectivity index (χ3v) is 6.42. The van der Waals surface area contributed by atoms with E-state index in [0.29, 0.717) is 30.3 Å². The second-order valence-electron chi connectivity index (χ2n) is 7.39. The van der Waals surface area contributed by atoms with Crippen LogP contribution < -0.4 is 14.8 Å². The average molecular weight is 457 g/mol. The molecule has 0 bridgehead atoms. The predicted octanol–water partition coefficient (Wildman–Crippen LogP) is 4.54. The summed E-state index contributed by atoms with van der Waals surface area (Å²) in [6.07, 6.45) is 0. The third kappa shape index (κ3) is 4.61. The van der Waals surface area contributed by atoms with Gasteiger partial charge in [-0.3, -0.25) is 4.90 Å². The molecule has 0 aliphatic carbocycles. The second-order valence-corrected chi connectivity index (χ2v) is 8.77. The first-order chi connectivity index (χ1) is 15.1. The molecule has 0 unspecified atom stereocenters. The van der Waals surface area contributed by atoms with Gasteiger partial charge in [-0.2, -0.15) is 0 Å². The van der Waals surface area contributed by atoms with E-state index in [0.717, 1.165) is 40.9 Å². The number of hydrogen-bond acceptors (Lipinski definition) is 6. The number of fused-ring (bicyclic) bond motifs is 1. The molecule has 2 aromatic carbocycles. The van der Waals surface area contributed by atoms with Crippen molar-refractivity contribution in [3.05, 3.63) is 57.9 Å². The minimum Gasteiger partial charge on any atom is -0.454 e. The fraction of sp³-hybridized carbons (Fsp3) is 0.273. The fourth-order valence-corrected chi connectivity index (χ4v) is 4.58. The Labute approximate surface area is 189 Å². The highest BCUT2D eigenvalue weighted by Crippen LogP contribution is 2.34. The largest absolute Gasteiger partial charge is 0.454 e. The van der Waals surface area contributed by atoms with Crippen molar-refractivity contribution < 1.29 is 14.3 Å². The maximum absolute atomic E-state index is 12.6. The van der Waals surface area contributed by atoms with Gasteiger partial charge in [0.2, 0.25) is 6.79 Å². The minimum absolute atomic E-state index is 0.0993. The van der Waals surface area contributed by atoms with E-state index in [-0.39, 0.29) is 12.8 Å². The zero-order valence-corrected chi connectivity index (χ0v) is 18.3. The highest BCUT2D eigenvalue weighted by Gasteiger charge is 2.23. The molecule has 160 valence electrons. The standard InChI is InChI=1S/C22H21ClN4O3S/c23-16-3-1-15(2-4-16)18-13-31-21(25-18)12-26-7-9-27(10-8-26)22(28)24-17-5-6-19-20(11-17)30-14-29-19/h1-6,11,13H,7-10,12,14H2,(H,24,28). The molecule has 0 radical (unpaired) electrons. The summed E-state index contributed by atoms with van der Waals surface area (Å²) in [6, 6.07) is 13.0. The van der Waals surface area contributed by atoms with E-state index in [1.807, 2.05) is 41.3 Å². The van der Waals surface area contributed by atoms with Gasteiger partial charge in [0.25, 0.3) is 0 Å². The van der Waals surface area contributed by atoms with Crippen LogP contribution in [0.3, 0.4) is 0 Å². The summed E-state index contributed by atoms with van der Waals surface area (Å²) < 4.78 is 10.7. The Morgan fingerprint density at radius 1 is 1.06 bits per heavy atom. The number of halogens is 1. The molecule has 2 amide bonds. The zero-order chi connectivity index (χ0) is 21.2. The van der Waals surface area contributed by atoms with E-state index in [9.17, 15) is 4.79 Å². The van der Waals surface area contributed by atoms with Crippen LogP contribution in [-0.2, 0) is 6.54 Å². The lowest BCUT2D eigenvalue weighted by molar-refractivity contribution is 0.143. The number of urea groups is 1. The van der Waals surface area contributed by atoms with Crippen LogP contribution in [0.4, 0.5) is 10.5 Å². The molecule has 5 rings (SSSR count). The van der Waals surface area contributed by atoms with Gasteiger partial charge < -0.3 is 19.7 Å². The lowest BCUT2D eigenvalue weighted by atomic mass is 10.2. The first kappa shape index (κ1) is 20.1. The van der Waals surface area contributed by atoms with Crippen LogP contribution in [0.5, 0.6) is 11.5 Å². The number of benzene rings is 2. The molecule has 3 aromatic rings. The number of rotatable bonds is 4. The molecule has 1 aromatic heterocycles. The second kappa shape index (κ2) is 8.74. The maximum Gasteiger partial charge on any atom is 0.321 e. The number of anilines is 1. The summed E-state index contributed by atoms with van der Waals surface area (Å²) in [7, 11) is 0. The normalized spacial score (nSPS) is 15.8. The first-order valence-corrected chi connectivity index (χ1v) is 11.3. The Hall–Kier alpha value is -2.81. The Balaban J connectivity index is 1.13. The molecule has 2 aliphatic heterocycles. The van der Waals surface area contributed by atoms with Gasteiger partial charge in [-0.25, -0.2) is 9.78 Å². The first-order valence-electron chi connectivity index (χ1n) is 10.0. The number of nitrogens with zero attached hydrogens (tertiary/aromatic N) is 3. The van der Waals surface area contributed by atoms with Crippen LogP contribution >= 0.6 is 22.9 Å². The number of thiazole rings is 1. The van der Waals surface area contributed by atoms with E-state index in [2.05, 4.69) is 15.6 Å². The van der Waals surface area contributed by atoms with Crippen LogP contribution in [-0.4, -0.2) is 53.8 Å². The molecular formula is C22H21ClN4O3S. The smallest absolute Gasteiger partial charge is 0.321 e. The van der Waals surface area contributed by atoms with Gasteiger partial charge in [-0.15, -0.1) is 11.3 Å². The number of carbonyl (C=O) groups is 1. The van der Waals surface area contributed by atoms with E-state index >= 15 is 0 Å². The van der Waals surface area contributed by atoms with Gasteiger partial charge in [0.15, 0.2) is 11.5 Å². The van der Waals surface area contributed by atoms with Gasteiger partial charge in [0.1, 0.15) is 5.01 Å². The predicted molar refractivity (Wildman–Crippen MR) is 121 cm³/mol. The Morgan fingerprint density at radius 3 is 2.65 bits per heavy atom. The van der Waals surface area contributed by atoms with Crippen LogP contribution in [0.2, 0.25) is 5.02 Å². The molecule has 0 atom stereocenters. The molecular weight excluding hydrogens is 436 g/mol. The number of ether oxygens (including phenoxy) is 2. The molecule has 31 heavy (non-hydrogen) atoms. The Bertz CT molecular complexity index is 1080. The lowest BCUT2D eigenvalue weighted by Gasteiger charge is -2.34. The van der Waals surface area contributed by atoms with Crippen LogP contribution in [0.1, 0.15) is 5.01 Å². The number of nitrogens with one attached hydrogen (secondary N) is 1. The maximum atomic E-state index is 12.6. The SMILES string of the molecule is O=C(Nc1ccc2c(c1)OCO2)N1CCN(Cc2nc(-c3ccc(Cl)cc3)cs2)CC1. The zero-order valence-electron chi connectivity index (χ0n) is 16.7. The number of aromatic nitrogens is 1. The summed E-state index contributed by atoms with van der Waals surface area (Å²) in [4.78, 5) is 21.5. The van der Waals surface area contributed by atoms with Crippen molar-refractivity contribution in [3.63, 3.8) is 0 Å². The topological polar surface area (TPSA) is 66.9 Å². The Morgan fingerprint density at radius 2 is 1.84 bits per heavy atom. The highest BCUT2D eigenvalue weighted by molar-refractivity contribution is 7.09. The van der Waals surface area contributed by atoms with Gasteiger partial charge >= 0.3 is 6.03 Å². The molecule has 1 fully saturated rings. The van der Waals surface area contributed by atoms with Crippen molar-refractivity contribution in [2.45, 2.75) is 6.54 Å². The Kier molecular flexibility index (Phi) is 5.67. The number of hydrogen-bond donors (Lipinski definition) is 1. The molecule has 2 aliphatic rings. The number of amides is 2. The van der Waals surface area contributed by atoms with Crippen LogP contribution in [0, 0.1) is 0 Å². The molecule has 0 saturated carbocycles. The quantitative estimate of drug-likeness (QED) is 0.624. The summed E-state index contributed by atoms with van der Waals surface area (Å²) in [5.41, 5.74) is 2.74. The molecule has 1 N–H and O–H groups in total. The van der Waals surface area contributed by atoms with Crippen molar-refractivity contribution in [2.75, 3.05) is 38.3 Å². The van der Waals surface area contributed by atoms with E-state index in [1.54, 1.807) is 17.4 Å². The van der Waals surface area contributed by atoms with E-state index < -0.39 is 0 Å². The van der Waals surface area contributed by atoms with Crippen molar-refractivity contribution in [1.82, 2.24) is 14.8 Å². The van der Waals surface area contributed by atoms with E-state index in [1.165, 1.54) is 0 Å². The molecule has 1 saturated heterocycles. The van der Waals surface area contributed by atoms with Crippen molar-refractivity contribution >= 4 is 34.7 Å². The van der Waals surface area contributed by atoms with Gasteiger partial charge in [0.05, 0.1) is 12.2 Å². The fourth-order valence-electron chi connectivity index (χ4n) is 3.61. The van der Waals surface area contributed by atoms with Crippen molar-refractivity contribution in [2.24, 2.45) is 0 Å². The van der Waals surface area contributed by atoms with Gasteiger partial charge in [-0.1, -0.05) is 23.7 Å². The summed E-state index contributed by atoms with van der Waals surface area (Å²) in [5.74, 6) is 1.36. The minimum atomic E-state index is -0.0993. The number of carbonyl (C=O) groups excluding carboxylic acids is 1. The van der Waals surface area contributed by atoms with Crippen LogP contribution in [0.25, 0.3) is 11.3 Å². The van der Waals surface area contributed by atoms with Crippen molar-refractivity contribution in [3.8, 4) is 22.8 Å². The van der Waals surface area contributed by atoms with Crippen molar-refractivity contribution in [1.29, 1.82) is 0 Å². The van der Waals surface area contributed by atoms with Crippen LogP contribution in [0.15, 0.2) is 47.8 Å². The average Bonchev–Trinajstić information content (AvgIpc) is 3.44. The molecule has 0 spiro atoms. The summed E-state index contributed by atoms with van der Waals surface area (Å²) >= 11 is 7.63.